The van der Waals surface area contributed by atoms with Gasteiger partial charge in [-0.15, -0.1) is 0 Å². The van der Waals surface area contributed by atoms with E-state index >= 15 is 0 Å². The van der Waals surface area contributed by atoms with E-state index in [1.807, 2.05) is 0 Å². The Hall–Kier alpha value is -0.120. The molecule has 2 atom stereocenters. The molecule has 0 rings (SSSR count). The van der Waals surface area contributed by atoms with Crippen LogP contribution in [-0.2, 0) is 4.74 Å². The van der Waals surface area contributed by atoms with Crippen LogP contribution in [-0.4, -0.2) is 43.8 Å². The van der Waals surface area contributed by atoms with Gasteiger partial charge in [-0.3, -0.25) is 4.90 Å². The Morgan fingerprint density at radius 3 is 2.40 bits per heavy atom. The molecule has 0 radical (unpaired) electrons. The van der Waals surface area contributed by atoms with Gasteiger partial charge < -0.3 is 10.5 Å². The number of ether oxygens (including phenoxy) is 1. The Morgan fingerprint density at radius 2 is 2.00 bits per heavy atom. The van der Waals surface area contributed by atoms with Crippen LogP contribution in [0.25, 0.3) is 0 Å². The fraction of sp³-hybridized carbons (Fsp3) is 1.00. The molecule has 0 aromatic rings. The van der Waals surface area contributed by atoms with Gasteiger partial charge in [0.05, 0.1) is 11.6 Å². The summed E-state index contributed by atoms with van der Waals surface area (Å²) in [4.78, 5) is 2.33. The molecular formula is C12H28N2O. The van der Waals surface area contributed by atoms with Gasteiger partial charge in [-0.1, -0.05) is 19.8 Å². The van der Waals surface area contributed by atoms with E-state index in [0.29, 0.717) is 6.54 Å². The summed E-state index contributed by atoms with van der Waals surface area (Å²) in [7, 11) is 3.89. The second kappa shape index (κ2) is 7.20. The van der Waals surface area contributed by atoms with E-state index in [1.54, 1.807) is 7.11 Å². The molecule has 2 N–H and O–H groups in total. The second-order valence-corrected chi connectivity index (χ2v) is 4.57. The van der Waals surface area contributed by atoms with Crippen LogP contribution in [0.5, 0.6) is 0 Å². The molecule has 3 heteroatoms. The van der Waals surface area contributed by atoms with E-state index in [4.69, 9.17) is 10.5 Å². The molecule has 0 heterocycles. The van der Waals surface area contributed by atoms with Gasteiger partial charge in [0, 0.05) is 13.7 Å². The van der Waals surface area contributed by atoms with Gasteiger partial charge in [-0.25, -0.2) is 0 Å². The molecule has 0 fully saturated rings. The summed E-state index contributed by atoms with van der Waals surface area (Å²) in [6.07, 6.45) is 3.94. The molecule has 0 saturated carbocycles. The average Bonchev–Trinajstić information content (AvgIpc) is 2.26. The zero-order chi connectivity index (χ0) is 11.9. The predicted octanol–water partition coefficient (Wildman–Crippen LogP) is 1.86. The molecule has 0 aliphatic heterocycles. The summed E-state index contributed by atoms with van der Waals surface area (Å²) in [5.74, 6) is 0. The first kappa shape index (κ1) is 14.9. The van der Waals surface area contributed by atoms with Gasteiger partial charge >= 0.3 is 0 Å². The highest BCUT2D eigenvalue weighted by molar-refractivity contribution is 4.91. The number of rotatable bonds is 8. The summed E-state index contributed by atoms with van der Waals surface area (Å²) < 4.78 is 5.41. The zero-order valence-corrected chi connectivity index (χ0v) is 11.0. The van der Waals surface area contributed by atoms with Crippen molar-refractivity contribution in [2.45, 2.75) is 51.7 Å². The van der Waals surface area contributed by atoms with Crippen molar-refractivity contribution in [1.29, 1.82) is 0 Å². The third-order valence-electron chi connectivity index (χ3n) is 3.61. The van der Waals surface area contributed by atoms with E-state index in [-0.39, 0.29) is 11.6 Å². The van der Waals surface area contributed by atoms with Gasteiger partial charge in [0.1, 0.15) is 0 Å². The van der Waals surface area contributed by atoms with E-state index < -0.39 is 0 Å². The molecule has 0 aromatic carbocycles. The number of hydrogen-bond donors (Lipinski definition) is 1. The minimum atomic E-state index is -0.0531. The monoisotopic (exact) mass is 216 g/mol. The number of hydrogen-bond acceptors (Lipinski definition) is 3. The molecule has 0 bridgehead atoms. The maximum absolute atomic E-state index is 5.87. The fourth-order valence-electron chi connectivity index (χ4n) is 1.74. The number of likely N-dealkylation sites (N-methyl/N-ethyl adjacent to an activating group) is 1. The lowest BCUT2D eigenvalue weighted by molar-refractivity contribution is -0.0199. The first-order valence-electron chi connectivity index (χ1n) is 5.97. The van der Waals surface area contributed by atoms with Crippen molar-refractivity contribution in [2.24, 2.45) is 5.73 Å². The minimum absolute atomic E-state index is 0.0531. The second-order valence-electron chi connectivity index (χ2n) is 4.57. The number of methoxy groups -OCH3 is 1. The molecule has 92 valence electrons. The zero-order valence-electron chi connectivity index (χ0n) is 11.0. The summed E-state index contributed by atoms with van der Waals surface area (Å²) >= 11 is 0. The molecule has 0 amide bonds. The lowest BCUT2D eigenvalue weighted by Gasteiger charge is -2.42. The normalized spacial score (nSPS) is 17.8. The summed E-state index contributed by atoms with van der Waals surface area (Å²) in [5, 5.41) is 0. The molecular weight excluding hydrogens is 188 g/mol. The van der Waals surface area contributed by atoms with Crippen LogP contribution in [0.2, 0.25) is 0 Å². The van der Waals surface area contributed by atoms with Crippen LogP contribution < -0.4 is 5.73 Å². The van der Waals surface area contributed by atoms with E-state index in [2.05, 4.69) is 32.7 Å². The van der Waals surface area contributed by atoms with E-state index in [9.17, 15) is 0 Å². The Bertz CT molecular complexity index is 164. The SMILES string of the molecule is CCCCCN(C)C(C)(CN)C(C)OC. The van der Waals surface area contributed by atoms with Crippen molar-refractivity contribution in [3.05, 3.63) is 0 Å². The first-order chi connectivity index (χ1) is 7.02. The molecule has 0 aromatic heterocycles. The highest BCUT2D eigenvalue weighted by atomic mass is 16.5. The fourth-order valence-corrected chi connectivity index (χ4v) is 1.74. The number of unbranched alkanes of at least 4 members (excludes halogenated alkanes) is 2. The highest BCUT2D eigenvalue weighted by Gasteiger charge is 2.33. The highest BCUT2D eigenvalue weighted by Crippen LogP contribution is 2.19. The quantitative estimate of drug-likeness (QED) is 0.629. The van der Waals surface area contributed by atoms with Crippen LogP contribution in [0.4, 0.5) is 0 Å². The molecule has 0 aliphatic carbocycles. The maximum Gasteiger partial charge on any atom is 0.0736 e. The maximum atomic E-state index is 5.87. The van der Waals surface area contributed by atoms with Crippen molar-refractivity contribution in [1.82, 2.24) is 4.90 Å². The van der Waals surface area contributed by atoms with Gasteiger partial charge in [-0.05, 0) is 33.9 Å². The van der Waals surface area contributed by atoms with Crippen molar-refractivity contribution in [3.8, 4) is 0 Å². The third-order valence-corrected chi connectivity index (χ3v) is 3.61. The van der Waals surface area contributed by atoms with Gasteiger partial charge in [0.2, 0.25) is 0 Å². The molecule has 0 spiro atoms. The topological polar surface area (TPSA) is 38.5 Å². The molecule has 0 saturated heterocycles. The van der Waals surface area contributed by atoms with Crippen LogP contribution in [0, 0.1) is 0 Å². The van der Waals surface area contributed by atoms with Crippen LogP contribution >= 0.6 is 0 Å². The molecule has 2 unspecified atom stereocenters. The Kier molecular flexibility index (Phi) is 7.14. The van der Waals surface area contributed by atoms with Crippen molar-refractivity contribution in [3.63, 3.8) is 0 Å². The summed E-state index contributed by atoms with van der Waals surface area (Å²) in [6.45, 7) is 8.20. The van der Waals surface area contributed by atoms with E-state index in [1.165, 1.54) is 19.3 Å². The van der Waals surface area contributed by atoms with Gasteiger partial charge in [0.15, 0.2) is 0 Å². The Morgan fingerprint density at radius 1 is 1.40 bits per heavy atom. The Labute approximate surface area is 95.0 Å². The molecule has 0 aliphatic rings. The summed E-state index contributed by atoms with van der Waals surface area (Å²) in [6, 6.07) is 0. The van der Waals surface area contributed by atoms with Gasteiger partial charge in [-0.2, -0.15) is 0 Å². The van der Waals surface area contributed by atoms with Crippen molar-refractivity contribution >= 4 is 0 Å². The number of nitrogens with zero attached hydrogens (tertiary/aromatic N) is 1. The summed E-state index contributed by atoms with van der Waals surface area (Å²) in [5.41, 5.74) is 5.81. The van der Waals surface area contributed by atoms with Crippen LogP contribution in [0.3, 0.4) is 0 Å². The lowest BCUT2D eigenvalue weighted by Crippen LogP contribution is -2.57. The largest absolute Gasteiger partial charge is 0.380 e. The van der Waals surface area contributed by atoms with Crippen LogP contribution in [0.15, 0.2) is 0 Å². The van der Waals surface area contributed by atoms with E-state index in [0.717, 1.165) is 6.54 Å². The smallest absolute Gasteiger partial charge is 0.0736 e. The standard InChI is InChI=1S/C12H28N2O/c1-6-7-8-9-14(4)12(3,10-13)11(2)15-5/h11H,6-10,13H2,1-5H3. The lowest BCUT2D eigenvalue weighted by atomic mass is 9.93. The predicted molar refractivity (Wildman–Crippen MR) is 66.1 cm³/mol. The minimum Gasteiger partial charge on any atom is -0.380 e. The van der Waals surface area contributed by atoms with Crippen molar-refractivity contribution in [2.75, 3.05) is 27.2 Å². The number of nitrogens with two attached hydrogens (primary N) is 1. The van der Waals surface area contributed by atoms with Crippen LogP contribution in [0.1, 0.15) is 40.0 Å². The molecule has 3 nitrogen and oxygen atoms in total. The average molecular weight is 216 g/mol. The van der Waals surface area contributed by atoms with Gasteiger partial charge in [0.25, 0.3) is 0 Å². The third kappa shape index (κ3) is 4.09. The first-order valence-corrected chi connectivity index (χ1v) is 5.97. The molecule has 15 heavy (non-hydrogen) atoms. The Balaban J connectivity index is 4.24. The van der Waals surface area contributed by atoms with Crippen molar-refractivity contribution < 1.29 is 4.74 Å².